The first-order valence-corrected chi connectivity index (χ1v) is 15.2. The van der Waals surface area contributed by atoms with Gasteiger partial charge in [-0.1, -0.05) is 31.5 Å². The second kappa shape index (κ2) is 15.1. The highest BCUT2D eigenvalue weighted by molar-refractivity contribution is 7.91. The fraction of sp³-hybridized carbons (Fsp3) is 0.375. The largest absolute Gasteiger partial charge is 0.494 e. The first kappa shape index (κ1) is 32.3. The SMILES string of the molecule is CCCCc1oc2ccccc2c1S(=O)(=O)c1ccc(OCCCN(C)CCc2ccc(OC)c(OC)c2)cc1.Cl. The maximum Gasteiger partial charge on any atom is 0.210 e. The maximum absolute atomic E-state index is 13.7. The lowest BCUT2D eigenvalue weighted by Crippen LogP contribution is -2.23. The number of furan rings is 1. The van der Waals surface area contributed by atoms with Crippen LogP contribution in [0.2, 0.25) is 0 Å². The van der Waals surface area contributed by atoms with Gasteiger partial charge in [0.1, 0.15) is 22.0 Å². The molecule has 4 aromatic rings. The quantitative estimate of drug-likeness (QED) is 0.136. The summed E-state index contributed by atoms with van der Waals surface area (Å²) in [6, 6.07) is 20.0. The lowest BCUT2D eigenvalue weighted by molar-refractivity contribution is 0.264. The molecule has 0 atom stereocenters. The summed E-state index contributed by atoms with van der Waals surface area (Å²) in [5.41, 5.74) is 1.79. The van der Waals surface area contributed by atoms with Gasteiger partial charge in [0.15, 0.2) is 11.5 Å². The second-order valence-corrected chi connectivity index (χ2v) is 11.8. The topological polar surface area (TPSA) is 78.2 Å². The van der Waals surface area contributed by atoms with Gasteiger partial charge in [-0.2, -0.15) is 0 Å². The fourth-order valence-electron chi connectivity index (χ4n) is 4.69. The number of hydrogen-bond donors (Lipinski definition) is 0. The van der Waals surface area contributed by atoms with E-state index in [-0.39, 0.29) is 22.2 Å². The van der Waals surface area contributed by atoms with E-state index in [4.69, 9.17) is 18.6 Å². The Labute approximate surface area is 249 Å². The van der Waals surface area contributed by atoms with Crippen LogP contribution in [0.15, 0.2) is 80.9 Å². The van der Waals surface area contributed by atoms with Crippen molar-refractivity contribution in [3.05, 3.63) is 78.1 Å². The minimum absolute atomic E-state index is 0. The smallest absolute Gasteiger partial charge is 0.210 e. The molecule has 0 aliphatic heterocycles. The summed E-state index contributed by atoms with van der Waals surface area (Å²) >= 11 is 0. The molecule has 1 aromatic heterocycles. The van der Waals surface area contributed by atoms with Gasteiger partial charge < -0.3 is 23.5 Å². The molecule has 41 heavy (non-hydrogen) atoms. The molecule has 0 saturated heterocycles. The Morgan fingerprint density at radius 3 is 2.29 bits per heavy atom. The van der Waals surface area contributed by atoms with Crippen LogP contribution < -0.4 is 14.2 Å². The van der Waals surface area contributed by atoms with Crippen LogP contribution >= 0.6 is 12.4 Å². The molecule has 0 amide bonds. The zero-order valence-corrected chi connectivity index (χ0v) is 25.9. The standard InChI is InChI=1S/C32H39NO6S.ClH/c1-5-6-11-30-32(27-10-7-8-12-28(27)39-30)40(34,35)26-16-14-25(15-17-26)38-22-9-20-33(2)21-19-24-13-18-29(36-3)31(23-24)37-4;/h7-8,10,12-18,23H,5-6,9,11,19-22H2,1-4H3;1H. The number of aryl methyl sites for hydroxylation is 1. The Morgan fingerprint density at radius 2 is 1.59 bits per heavy atom. The number of halogens is 1. The molecular weight excluding hydrogens is 562 g/mol. The Morgan fingerprint density at radius 1 is 0.854 bits per heavy atom. The molecule has 0 radical (unpaired) electrons. The zero-order chi connectivity index (χ0) is 28.5. The monoisotopic (exact) mass is 601 g/mol. The third-order valence-electron chi connectivity index (χ3n) is 6.96. The van der Waals surface area contributed by atoms with Gasteiger partial charge >= 0.3 is 0 Å². The molecule has 0 saturated carbocycles. The number of unbranched alkanes of at least 4 members (excludes halogenated alkanes) is 1. The number of rotatable bonds is 15. The second-order valence-electron chi connectivity index (χ2n) is 9.87. The van der Waals surface area contributed by atoms with Gasteiger partial charge in [-0.3, -0.25) is 0 Å². The summed E-state index contributed by atoms with van der Waals surface area (Å²) in [6.07, 6.45) is 4.16. The van der Waals surface area contributed by atoms with Crippen molar-refractivity contribution >= 4 is 33.2 Å². The van der Waals surface area contributed by atoms with Gasteiger partial charge in [0, 0.05) is 24.9 Å². The Kier molecular flexibility index (Phi) is 11.9. The van der Waals surface area contributed by atoms with Crippen LogP contribution in [0.1, 0.15) is 37.5 Å². The van der Waals surface area contributed by atoms with Crippen molar-refractivity contribution in [3.8, 4) is 17.2 Å². The molecule has 0 bridgehead atoms. The Balaban J connectivity index is 0.00000462. The number of nitrogens with zero attached hydrogens (tertiary/aromatic N) is 1. The van der Waals surface area contributed by atoms with Crippen LogP contribution in [0, 0.1) is 0 Å². The number of fused-ring (bicyclic) bond motifs is 1. The first-order valence-electron chi connectivity index (χ1n) is 13.7. The summed E-state index contributed by atoms with van der Waals surface area (Å²) in [7, 11) is 1.63. The molecule has 0 N–H and O–H groups in total. The predicted molar refractivity (Wildman–Crippen MR) is 165 cm³/mol. The summed E-state index contributed by atoms with van der Waals surface area (Å²) in [5.74, 6) is 2.65. The van der Waals surface area contributed by atoms with Crippen LogP contribution in [0.5, 0.6) is 17.2 Å². The van der Waals surface area contributed by atoms with Crippen molar-refractivity contribution in [2.24, 2.45) is 0 Å². The van der Waals surface area contributed by atoms with E-state index >= 15 is 0 Å². The molecule has 0 aliphatic rings. The molecule has 0 aliphatic carbocycles. The van der Waals surface area contributed by atoms with Crippen molar-refractivity contribution in [3.63, 3.8) is 0 Å². The molecule has 0 fully saturated rings. The van der Waals surface area contributed by atoms with Gasteiger partial charge in [0.05, 0.1) is 25.7 Å². The van der Waals surface area contributed by atoms with Crippen LogP contribution in [0.4, 0.5) is 0 Å². The Hall–Kier alpha value is -3.20. The minimum atomic E-state index is -3.75. The molecule has 9 heteroatoms. The molecule has 0 unspecified atom stereocenters. The highest BCUT2D eigenvalue weighted by atomic mass is 35.5. The van der Waals surface area contributed by atoms with Gasteiger partial charge in [-0.15, -0.1) is 12.4 Å². The Bertz CT molecular complexity index is 1500. The van der Waals surface area contributed by atoms with Gasteiger partial charge in [-0.05, 0) is 80.4 Å². The minimum Gasteiger partial charge on any atom is -0.494 e. The van der Waals surface area contributed by atoms with Crippen molar-refractivity contribution in [1.29, 1.82) is 0 Å². The number of sulfone groups is 1. The van der Waals surface area contributed by atoms with E-state index in [9.17, 15) is 8.42 Å². The van der Waals surface area contributed by atoms with Gasteiger partial charge in [-0.25, -0.2) is 8.42 Å². The van der Waals surface area contributed by atoms with Crippen molar-refractivity contribution in [1.82, 2.24) is 4.90 Å². The van der Waals surface area contributed by atoms with E-state index in [0.717, 1.165) is 50.3 Å². The van der Waals surface area contributed by atoms with Gasteiger partial charge in [0.2, 0.25) is 9.84 Å². The summed E-state index contributed by atoms with van der Waals surface area (Å²) in [6.45, 7) is 4.41. The van der Waals surface area contributed by atoms with Crippen LogP contribution in [0.3, 0.4) is 0 Å². The molecular formula is C32H40ClNO6S. The molecule has 0 spiro atoms. The molecule has 7 nitrogen and oxygen atoms in total. The zero-order valence-electron chi connectivity index (χ0n) is 24.2. The summed E-state index contributed by atoms with van der Waals surface area (Å²) in [5, 5.41) is 0.629. The highest BCUT2D eigenvalue weighted by Gasteiger charge is 2.27. The van der Waals surface area contributed by atoms with E-state index in [1.807, 2.05) is 36.4 Å². The molecule has 3 aromatic carbocycles. The summed E-state index contributed by atoms with van der Waals surface area (Å²) < 4.78 is 49.9. The van der Waals surface area contributed by atoms with Crippen molar-refractivity contribution < 1.29 is 27.0 Å². The molecule has 222 valence electrons. The van der Waals surface area contributed by atoms with E-state index in [0.29, 0.717) is 35.5 Å². The average molecular weight is 602 g/mol. The number of hydrogen-bond acceptors (Lipinski definition) is 7. The average Bonchev–Trinajstić information content (AvgIpc) is 3.36. The van der Waals surface area contributed by atoms with E-state index in [1.54, 1.807) is 38.5 Å². The fourth-order valence-corrected chi connectivity index (χ4v) is 6.33. The molecule has 1 heterocycles. The van der Waals surface area contributed by atoms with Gasteiger partial charge in [0.25, 0.3) is 0 Å². The number of para-hydroxylation sites is 1. The third-order valence-corrected chi connectivity index (χ3v) is 8.84. The highest BCUT2D eigenvalue weighted by Crippen LogP contribution is 2.35. The third kappa shape index (κ3) is 7.97. The van der Waals surface area contributed by atoms with E-state index in [2.05, 4.69) is 24.9 Å². The lowest BCUT2D eigenvalue weighted by Gasteiger charge is -2.17. The molecule has 4 rings (SSSR count). The lowest BCUT2D eigenvalue weighted by atomic mass is 10.1. The van der Waals surface area contributed by atoms with Crippen molar-refractivity contribution in [2.75, 3.05) is 41.0 Å². The van der Waals surface area contributed by atoms with E-state index in [1.165, 1.54) is 5.56 Å². The number of ether oxygens (including phenoxy) is 3. The maximum atomic E-state index is 13.7. The van der Waals surface area contributed by atoms with Crippen LogP contribution in [-0.4, -0.2) is 54.3 Å². The van der Waals surface area contributed by atoms with Crippen LogP contribution in [0.25, 0.3) is 11.0 Å². The number of benzene rings is 3. The van der Waals surface area contributed by atoms with Crippen molar-refractivity contribution in [2.45, 2.75) is 48.8 Å². The number of likely N-dealkylation sites (N-methyl/N-ethyl adjacent to an activating group) is 1. The predicted octanol–water partition coefficient (Wildman–Crippen LogP) is 6.99. The van der Waals surface area contributed by atoms with E-state index < -0.39 is 9.84 Å². The number of methoxy groups -OCH3 is 2. The van der Waals surface area contributed by atoms with Crippen LogP contribution in [-0.2, 0) is 22.7 Å². The summed E-state index contributed by atoms with van der Waals surface area (Å²) in [4.78, 5) is 2.78. The normalized spacial score (nSPS) is 11.4. The first-order chi connectivity index (χ1) is 19.4.